The molecular weight excluding hydrogens is 210 g/mol. The van der Waals surface area contributed by atoms with E-state index in [9.17, 15) is 13.9 Å². The van der Waals surface area contributed by atoms with E-state index in [0.29, 0.717) is 12.0 Å². The molecule has 1 fully saturated rings. The second kappa shape index (κ2) is 4.34. The molecule has 0 spiro atoms. The van der Waals surface area contributed by atoms with Gasteiger partial charge in [0, 0.05) is 12.7 Å². The molecule has 2 atom stereocenters. The Morgan fingerprint density at radius 1 is 1.19 bits per heavy atom. The van der Waals surface area contributed by atoms with Crippen molar-refractivity contribution in [2.75, 3.05) is 6.61 Å². The van der Waals surface area contributed by atoms with Crippen LogP contribution in [-0.2, 0) is 0 Å². The van der Waals surface area contributed by atoms with Gasteiger partial charge in [-0.25, -0.2) is 8.78 Å². The van der Waals surface area contributed by atoms with E-state index in [1.807, 2.05) is 0 Å². The van der Waals surface area contributed by atoms with E-state index < -0.39 is 11.6 Å². The number of hydrogen-bond acceptors (Lipinski definition) is 1. The highest BCUT2D eigenvalue weighted by Crippen LogP contribution is 2.42. The molecule has 0 amide bonds. The van der Waals surface area contributed by atoms with Gasteiger partial charge in [0.2, 0.25) is 0 Å². The molecule has 0 aromatic heterocycles. The van der Waals surface area contributed by atoms with E-state index in [0.717, 1.165) is 18.1 Å². The van der Waals surface area contributed by atoms with Gasteiger partial charge in [-0.1, -0.05) is 12.2 Å². The van der Waals surface area contributed by atoms with E-state index in [4.69, 9.17) is 0 Å². The predicted octanol–water partition coefficient (Wildman–Crippen LogP) is 3.01. The highest BCUT2D eigenvalue weighted by atomic mass is 19.1. The molecule has 0 heterocycles. The van der Waals surface area contributed by atoms with Crippen LogP contribution < -0.4 is 0 Å². The Labute approximate surface area is 93.4 Å². The molecule has 1 N–H and O–H groups in total. The van der Waals surface area contributed by atoms with Gasteiger partial charge >= 0.3 is 0 Å². The van der Waals surface area contributed by atoms with Crippen molar-refractivity contribution in [3.63, 3.8) is 0 Å². The molecule has 86 valence electrons. The summed E-state index contributed by atoms with van der Waals surface area (Å²) in [5.74, 6) is -1.11. The van der Waals surface area contributed by atoms with Crippen LogP contribution in [0.15, 0.2) is 30.4 Å². The average Bonchev–Trinajstić information content (AvgIpc) is 2.58. The highest BCUT2D eigenvalue weighted by molar-refractivity contribution is 5.27. The van der Waals surface area contributed by atoms with E-state index in [-0.39, 0.29) is 18.4 Å². The van der Waals surface area contributed by atoms with Gasteiger partial charge in [-0.3, -0.25) is 0 Å². The van der Waals surface area contributed by atoms with Crippen molar-refractivity contribution in [2.45, 2.75) is 18.8 Å². The monoisotopic (exact) mass is 224 g/mol. The molecule has 0 saturated heterocycles. The minimum absolute atomic E-state index is 0.0114. The van der Waals surface area contributed by atoms with Crippen molar-refractivity contribution < 1.29 is 13.9 Å². The molecule has 0 radical (unpaired) electrons. The van der Waals surface area contributed by atoms with E-state index in [2.05, 4.69) is 6.58 Å². The molecule has 1 aromatic rings. The van der Waals surface area contributed by atoms with Crippen LogP contribution in [0.3, 0.4) is 0 Å². The smallest absolute Gasteiger partial charge is 0.126 e. The first-order chi connectivity index (χ1) is 7.60. The van der Waals surface area contributed by atoms with Gasteiger partial charge in [-0.05, 0) is 42.4 Å². The van der Waals surface area contributed by atoms with Gasteiger partial charge in [-0.2, -0.15) is 0 Å². The Bertz CT molecular complexity index is 394. The van der Waals surface area contributed by atoms with Gasteiger partial charge in [0.1, 0.15) is 11.6 Å². The SMILES string of the molecule is C=C1C[C@@H](CO)[C@H](c2cc(F)cc(F)c2)C1. The van der Waals surface area contributed by atoms with Crippen molar-refractivity contribution in [1.29, 1.82) is 0 Å². The minimum atomic E-state index is -0.566. The van der Waals surface area contributed by atoms with Crippen LogP contribution in [0.2, 0.25) is 0 Å². The molecule has 1 saturated carbocycles. The molecule has 0 aliphatic heterocycles. The maximum Gasteiger partial charge on any atom is 0.126 e. The number of benzene rings is 1. The first-order valence-electron chi connectivity index (χ1n) is 5.33. The second-order valence-electron chi connectivity index (χ2n) is 4.41. The van der Waals surface area contributed by atoms with Crippen LogP contribution in [0.1, 0.15) is 24.3 Å². The number of halogens is 2. The standard InChI is InChI=1S/C13H14F2O/c1-8-2-10(7-16)13(3-8)9-4-11(14)6-12(15)5-9/h4-6,10,13,16H,1-3,7H2/t10-,13-/m0/s1. The Hall–Kier alpha value is -1.22. The van der Waals surface area contributed by atoms with Crippen LogP contribution in [0.5, 0.6) is 0 Å². The van der Waals surface area contributed by atoms with Crippen LogP contribution in [-0.4, -0.2) is 11.7 Å². The molecule has 1 aliphatic carbocycles. The summed E-state index contributed by atoms with van der Waals surface area (Å²) in [4.78, 5) is 0. The molecular formula is C13H14F2O. The predicted molar refractivity (Wildman–Crippen MR) is 58.0 cm³/mol. The normalized spacial score (nSPS) is 25.1. The molecule has 1 aliphatic rings. The Morgan fingerprint density at radius 2 is 1.81 bits per heavy atom. The molecule has 16 heavy (non-hydrogen) atoms. The maximum atomic E-state index is 13.1. The summed E-state index contributed by atoms with van der Waals surface area (Å²) in [5, 5.41) is 9.23. The van der Waals surface area contributed by atoms with Crippen LogP contribution in [0.4, 0.5) is 8.78 Å². The summed E-state index contributed by atoms with van der Waals surface area (Å²) in [7, 11) is 0. The Morgan fingerprint density at radius 3 is 2.38 bits per heavy atom. The molecule has 3 heteroatoms. The lowest BCUT2D eigenvalue weighted by Crippen LogP contribution is -2.10. The number of allylic oxidation sites excluding steroid dienone is 1. The molecule has 0 bridgehead atoms. The lowest BCUT2D eigenvalue weighted by molar-refractivity contribution is 0.218. The molecule has 1 nitrogen and oxygen atoms in total. The van der Waals surface area contributed by atoms with Crippen molar-refractivity contribution in [1.82, 2.24) is 0 Å². The highest BCUT2D eigenvalue weighted by Gasteiger charge is 2.30. The van der Waals surface area contributed by atoms with Gasteiger partial charge in [0.15, 0.2) is 0 Å². The topological polar surface area (TPSA) is 20.2 Å². The largest absolute Gasteiger partial charge is 0.396 e. The number of aliphatic hydroxyl groups excluding tert-OH is 1. The quantitative estimate of drug-likeness (QED) is 0.765. The molecule has 1 aromatic carbocycles. The van der Waals surface area contributed by atoms with Gasteiger partial charge < -0.3 is 5.11 Å². The van der Waals surface area contributed by atoms with Crippen LogP contribution in [0, 0.1) is 17.6 Å². The number of rotatable bonds is 2. The summed E-state index contributed by atoms with van der Waals surface area (Å²) < 4.78 is 26.2. The van der Waals surface area contributed by atoms with Crippen molar-refractivity contribution >= 4 is 0 Å². The fourth-order valence-corrected chi connectivity index (χ4v) is 2.45. The lowest BCUT2D eigenvalue weighted by Gasteiger charge is -2.17. The summed E-state index contributed by atoms with van der Waals surface area (Å²) in [6, 6.07) is 3.55. The zero-order chi connectivity index (χ0) is 11.7. The fraction of sp³-hybridized carbons (Fsp3) is 0.385. The second-order valence-corrected chi connectivity index (χ2v) is 4.41. The third kappa shape index (κ3) is 2.14. The first-order valence-corrected chi connectivity index (χ1v) is 5.33. The van der Waals surface area contributed by atoms with Crippen LogP contribution >= 0.6 is 0 Å². The van der Waals surface area contributed by atoms with Gasteiger partial charge in [-0.15, -0.1) is 0 Å². The average molecular weight is 224 g/mol. The fourth-order valence-electron chi connectivity index (χ4n) is 2.45. The summed E-state index contributed by atoms with van der Waals surface area (Å²) in [6.45, 7) is 3.90. The minimum Gasteiger partial charge on any atom is -0.396 e. The molecule has 0 unspecified atom stereocenters. The van der Waals surface area contributed by atoms with E-state index in [1.54, 1.807) is 0 Å². The molecule has 2 rings (SSSR count). The van der Waals surface area contributed by atoms with E-state index >= 15 is 0 Å². The van der Waals surface area contributed by atoms with Crippen molar-refractivity contribution in [3.8, 4) is 0 Å². The van der Waals surface area contributed by atoms with E-state index in [1.165, 1.54) is 12.1 Å². The van der Waals surface area contributed by atoms with Crippen molar-refractivity contribution in [2.24, 2.45) is 5.92 Å². The zero-order valence-electron chi connectivity index (χ0n) is 8.92. The van der Waals surface area contributed by atoms with Gasteiger partial charge in [0.25, 0.3) is 0 Å². The third-order valence-electron chi connectivity index (χ3n) is 3.18. The Balaban J connectivity index is 2.32. The Kier molecular flexibility index (Phi) is 3.06. The van der Waals surface area contributed by atoms with Crippen LogP contribution in [0.25, 0.3) is 0 Å². The zero-order valence-corrected chi connectivity index (χ0v) is 8.92. The third-order valence-corrected chi connectivity index (χ3v) is 3.18. The summed E-state index contributed by atoms with van der Waals surface area (Å²) in [5.41, 5.74) is 1.66. The van der Waals surface area contributed by atoms with Gasteiger partial charge in [0.05, 0.1) is 0 Å². The number of aliphatic hydroxyl groups is 1. The number of hydrogen-bond donors (Lipinski definition) is 1. The first kappa shape index (κ1) is 11.3. The summed E-state index contributed by atoms with van der Waals surface area (Å²) >= 11 is 0. The maximum absolute atomic E-state index is 13.1. The summed E-state index contributed by atoms with van der Waals surface area (Å²) in [6.07, 6.45) is 1.44. The van der Waals surface area contributed by atoms with Crippen molar-refractivity contribution in [3.05, 3.63) is 47.5 Å². The lowest BCUT2D eigenvalue weighted by atomic mass is 9.89.